The predicted molar refractivity (Wildman–Crippen MR) is 89.4 cm³/mol. The first kappa shape index (κ1) is 14.5. The summed E-state index contributed by atoms with van der Waals surface area (Å²) in [6.45, 7) is 5.66. The number of ether oxygens (including phenoxy) is 1. The Bertz CT molecular complexity index is 734. The fourth-order valence-electron chi connectivity index (χ4n) is 3.40. The van der Waals surface area contributed by atoms with Crippen LogP contribution < -0.4 is 10.1 Å². The predicted octanol–water partition coefficient (Wildman–Crippen LogP) is 2.21. The highest BCUT2D eigenvalue weighted by Gasteiger charge is 2.21. The number of benzene rings is 1. The van der Waals surface area contributed by atoms with Gasteiger partial charge in [-0.3, -0.25) is 0 Å². The van der Waals surface area contributed by atoms with Crippen molar-refractivity contribution in [3.05, 3.63) is 47.1 Å². The van der Waals surface area contributed by atoms with E-state index < -0.39 is 0 Å². The third-order valence-electron chi connectivity index (χ3n) is 4.71. The minimum atomic E-state index is 0.648. The second-order valence-electron chi connectivity index (χ2n) is 6.44. The van der Waals surface area contributed by atoms with Gasteiger partial charge in [0.2, 0.25) is 0 Å². The van der Waals surface area contributed by atoms with Crippen LogP contribution in [0, 0.1) is 12.8 Å². The van der Waals surface area contributed by atoms with Gasteiger partial charge in [-0.15, -0.1) is 10.2 Å². The summed E-state index contributed by atoms with van der Waals surface area (Å²) in [6.07, 6.45) is 4.46. The molecule has 0 amide bonds. The molecule has 5 heteroatoms. The quantitative estimate of drug-likeness (QED) is 0.941. The Balaban J connectivity index is 1.32. The molecule has 0 aliphatic carbocycles. The first-order valence-electron chi connectivity index (χ1n) is 8.30. The van der Waals surface area contributed by atoms with Crippen molar-refractivity contribution in [2.24, 2.45) is 5.92 Å². The smallest absolute Gasteiger partial charge is 0.133 e. The Kier molecular flexibility index (Phi) is 3.87. The maximum atomic E-state index is 5.80. The zero-order valence-electron chi connectivity index (χ0n) is 13.5. The molecule has 1 aromatic carbocycles. The molecule has 1 N–H and O–H groups in total. The molecule has 0 bridgehead atoms. The van der Waals surface area contributed by atoms with Gasteiger partial charge in [-0.25, -0.2) is 0 Å². The van der Waals surface area contributed by atoms with Gasteiger partial charge in [-0.05, 0) is 43.5 Å². The summed E-state index contributed by atoms with van der Waals surface area (Å²) in [5.41, 5.74) is 2.48. The molecular formula is C18H22N4O. The highest BCUT2D eigenvalue weighted by molar-refractivity contribution is 5.62. The van der Waals surface area contributed by atoms with Crippen LogP contribution >= 0.6 is 0 Å². The number of hydrogen-bond donors (Lipinski definition) is 1. The van der Waals surface area contributed by atoms with Gasteiger partial charge in [0, 0.05) is 25.1 Å². The van der Waals surface area contributed by atoms with Crippen molar-refractivity contribution in [2.75, 3.05) is 19.7 Å². The lowest BCUT2D eigenvalue weighted by molar-refractivity contribution is 0.330. The van der Waals surface area contributed by atoms with Crippen molar-refractivity contribution in [1.82, 2.24) is 20.1 Å². The molecular weight excluding hydrogens is 288 g/mol. The molecule has 1 atom stereocenters. The molecule has 23 heavy (non-hydrogen) atoms. The Labute approximate surface area is 136 Å². The van der Waals surface area contributed by atoms with Crippen LogP contribution in [0.5, 0.6) is 5.75 Å². The summed E-state index contributed by atoms with van der Waals surface area (Å²) in [5, 5.41) is 12.0. The third kappa shape index (κ3) is 3.01. The first-order chi connectivity index (χ1) is 11.3. The molecule has 0 fully saturated rings. The average molecular weight is 310 g/mol. The topological polar surface area (TPSA) is 52.0 Å². The molecule has 0 saturated heterocycles. The van der Waals surface area contributed by atoms with E-state index >= 15 is 0 Å². The van der Waals surface area contributed by atoms with E-state index in [0.717, 1.165) is 43.5 Å². The number of nitrogens with zero attached hydrogens (tertiary/aromatic N) is 3. The number of hydrogen-bond acceptors (Lipinski definition) is 4. The lowest BCUT2D eigenvalue weighted by atomic mass is 9.99. The molecule has 2 aliphatic rings. The highest BCUT2D eigenvalue weighted by Crippen LogP contribution is 2.25. The number of nitrogens with one attached hydrogen (secondary N) is 1. The summed E-state index contributed by atoms with van der Waals surface area (Å²) in [6, 6.07) is 8.19. The summed E-state index contributed by atoms with van der Waals surface area (Å²) in [5.74, 6) is 3.80. The third-order valence-corrected chi connectivity index (χ3v) is 4.71. The van der Waals surface area contributed by atoms with E-state index in [2.05, 4.69) is 38.3 Å². The number of para-hydroxylation sites is 1. The van der Waals surface area contributed by atoms with Gasteiger partial charge in [0.05, 0.1) is 0 Å². The molecule has 0 radical (unpaired) electrons. The van der Waals surface area contributed by atoms with Crippen molar-refractivity contribution >= 4 is 6.08 Å². The highest BCUT2D eigenvalue weighted by atomic mass is 16.5. The molecule has 5 nitrogen and oxygen atoms in total. The van der Waals surface area contributed by atoms with Crippen LogP contribution in [-0.2, 0) is 13.0 Å². The maximum absolute atomic E-state index is 5.80. The second-order valence-corrected chi connectivity index (χ2v) is 6.44. The van der Waals surface area contributed by atoms with Crippen LogP contribution in [0.4, 0.5) is 0 Å². The standard InChI is InChI=1S/C18H22N4O/c1-13-20-21-18-7-6-14(11-22(13)18)9-19-10-15-8-16-4-2-3-5-17(16)23-12-15/h2-5,8,14,19H,6-7,9-12H2,1H3. The van der Waals surface area contributed by atoms with Crippen LogP contribution in [0.2, 0.25) is 0 Å². The maximum Gasteiger partial charge on any atom is 0.133 e. The summed E-state index contributed by atoms with van der Waals surface area (Å²) >= 11 is 0. The van der Waals surface area contributed by atoms with E-state index in [1.807, 2.05) is 19.1 Å². The minimum absolute atomic E-state index is 0.648. The van der Waals surface area contributed by atoms with Crippen LogP contribution in [-0.4, -0.2) is 34.5 Å². The van der Waals surface area contributed by atoms with Gasteiger partial charge in [-0.1, -0.05) is 18.2 Å². The summed E-state index contributed by atoms with van der Waals surface area (Å²) < 4.78 is 8.06. The molecule has 0 saturated carbocycles. The van der Waals surface area contributed by atoms with Gasteiger partial charge >= 0.3 is 0 Å². The Morgan fingerprint density at radius 2 is 2.22 bits per heavy atom. The molecule has 120 valence electrons. The minimum Gasteiger partial charge on any atom is -0.489 e. The van der Waals surface area contributed by atoms with Gasteiger partial charge < -0.3 is 14.6 Å². The van der Waals surface area contributed by atoms with Crippen molar-refractivity contribution in [1.29, 1.82) is 0 Å². The zero-order chi connectivity index (χ0) is 15.6. The number of rotatable bonds is 4. The Morgan fingerprint density at radius 1 is 1.30 bits per heavy atom. The lowest BCUT2D eigenvalue weighted by Crippen LogP contribution is -2.32. The molecule has 0 spiro atoms. The molecule has 4 rings (SSSR count). The van der Waals surface area contributed by atoms with Crippen LogP contribution in [0.25, 0.3) is 6.08 Å². The molecule has 2 aliphatic heterocycles. The van der Waals surface area contributed by atoms with Crippen LogP contribution in [0.15, 0.2) is 29.8 Å². The van der Waals surface area contributed by atoms with E-state index in [1.165, 1.54) is 17.6 Å². The van der Waals surface area contributed by atoms with Gasteiger partial charge in [0.25, 0.3) is 0 Å². The Morgan fingerprint density at radius 3 is 3.17 bits per heavy atom. The first-order valence-corrected chi connectivity index (χ1v) is 8.30. The van der Waals surface area contributed by atoms with Crippen LogP contribution in [0.1, 0.15) is 23.6 Å². The van der Waals surface area contributed by atoms with Crippen LogP contribution in [0.3, 0.4) is 0 Å². The molecule has 1 aromatic heterocycles. The number of aromatic nitrogens is 3. The number of aryl methyl sites for hydroxylation is 2. The van der Waals surface area contributed by atoms with E-state index in [1.54, 1.807) is 0 Å². The second kappa shape index (κ2) is 6.16. The van der Waals surface area contributed by atoms with E-state index in [0.29, 0.717) is 12.5 Å². The molecule has 1 unspecified atom stereocenters. The van der Waals surface area contributed by atoms with Crippen molar-refractivity contribution in [3.8, 4) is 5.75 Å². The van der Waals surface area contributed by atoms with Crippen molar-refractivity contribution in [3.63, 3.8) is 0 Å². The summed E-state index contributed by atoms with van der Waals surface area (Å²) in [7, 11) is 0. The van der Waals surface area contributed by atoms with E-state index in [4.69, 9.17) is 4.74 Å². The van der Waals surface area contributed by atoms with Gasteiger partial charge in [0.15, 0.2) is 0 Å². The fourth-order valence-corrected chi connectivity index (χ4v) is 3.40. The SMILES string of the molecule is Cc1nnc2n1CC(CNCC1=Cc3ccccc3OC1)CC2. The molecule has 2 aromatic rings. The summed E-state index contributed by atoms with van der Waals surface area (Å²) in [4.78, 5) is 0. The molecule has 3 heterocycles. The van der Waals surface area contributed by atoms with Gasteiger partial charge in [0.1, 0.15) is 24.0 Å². The fraction of sp³-hybridized carbons (Fsp3) is 0.444. The average Bonchev–Trinajstić information content (AvgIpc) is 2.96. The van der Waals surface area contributed by atoms with E-state index in [9.17, 15) is 0 Å². The largest absolute Gasteiger partial charge is 0.489 e. The normalized spacial score (nSPS) is 19.5. The lowest BCUT2D eigenvalue weighted by Gasteiger charge is -2.25. The van der Waals surface area contributed by atoms with Crippen molar-refractivity contribution < 1.29 is 4.74 Å². The number of fused-ring (bicyclic) bond motifs is 2. The monoisotopic (exact) mass is 310 g/mol. The van der Waals surface area contributed by atoms with Crippen molar-refractivity contribution in [2.45, 2.75) is 26.3 Å². The zero-order valence-corrected chi connectivity index (χ0v) is 13.5. The van der Waals surface area contributed by atoms with E-state index in [-0.39, 0.29) is 0 Å². The van der Waals surface area contributed by atoms with Gasteiger partial charge in [-0.2, -0.15) is 0 Å². The Hall–Kier alpha value is -2.14.